The van der Waals surface area contributed by atoms with Gasteiger partial charge < -0.3 is 10.4 Å². The Labute approximate surface area is 108 Å². The SMILES string of the molecule is Cc1c(Cl)cccc1Nc1cnc(C(=O)O)cn1. The molecule has 0 aliphatic heterocycles. The van der Waals surface area contributed by atoms with E-state index in [2.05, 4.69) is 15.3 Å². The molecule has 1 aromatic carbocycles. The molecule has 2 rings (SSSR count). The third-order valence-corrected chi connectivity index (χ3v) is 2.81. The fraction of sp³-hybridized carbons (Fsp3) is 0.0833. The van der Waals surface area contributed by atoms with E-state index in [-0.39, 0.29) is 5.69 Å². The summed E-state index contributed by atoms with van der Waals surface area (Å²) in [6, 6.07) is 5.46. The van der Waals surface area contributed by atoms with Crippen LogP contribution in [0.1, 0.15) is 16.1 Å². The number of rotatable bonds is 3. The lowest BCUT2D eigenvalue weighted by Gasteiger charge is -2.09. The van der Waals surface area contributed by atoms with Gasteiger partial charge in [0.25, 0.3) is 0 Å². The summed E-state index contributed by atoms with van der Waals surface area (Å²) in [6.07, 6.45) is 2.56. The van der Waals surface area contributed by atoms with E-state index in [1.54, 1.807) is 6.07 Å². The van der Waals surface area contributed by atoms with Gasteiger partial charge in [-0.2, -0.15) is 0 Å². The summed E-state index contributed by atoms with van der Waals surface area (Å²) in [6.45, 7) is 1.88. The van der Waals surface area contributed by atoms with Gasteiger partial charge in [0, 0.05) is 10.7 Å². The molecule has 18 heavy (non-hydrogen) atoms. The molecule has 1 heterocycles. The average molecular weight is 264 g/mol. The first-order valence-corrected chi connectivity index (χ1v) is 5.53. The van der Waals surface area contributed by atoms with E-state index in [0.29, 0.717) is 10.8 Å². The highest BCUT2D eigenvalue weighted by Crippen LogP contribution is 2.25. The van der Waals surface area contributed by atoms with E-state index in [1.165, 1.54) is 12.4 Å². The third-order valence-electron chi connectivity index (χ3n) is 2.40. The van der Waals surface area contributed by atoms with Gasteiger partial charge in [-0.05, 0) is 24.6 Å². The number of carboxylic acid groups (broad SMARTS) is 1. The molecule has 0 fully saturated rings. The number of aromatic carboxylic acids is 1. The maximum atomic E-state index is 10.6. The lowest BCUT2D eigenvalue weighted by Crippen LogP contribution is -2.03. The molecule has 92 valence electrons. The summed E-state index contributed by atoms with van der Waals surface area (Å²) in [5.74, 6) is -0.640. The van der Waals surface area contributed by atoms with Crippen molar-refractivity contribution >= 4 is 29.1 Å². The van der Waals surface area contributed by atoms with Gasteiger partial charge in [0.2, 0.25) is 0 Å². The number of benzene rings is 1. The van der Waals surface area contributed by atoms with E-state index in [0.717, 1.165) is 11.3 Å². The predicted octanol–water partition coefficient (Wildman–Crippen LogP) is 2.88. The van der Waals surface area contributed by atoms with Gasteiger partial charge in [-0.3, -0.25) is 0 Å². The molecule has 1 aromatic heterocycles. The first-order chi connectivity index (χ1) is 8.58. The van der Waals surface area contributed by atoms with Crippen LogP contribution in [0.5, 0.6) is 0 Å². The van der Waals surface area contributed by atoms with Crippen LogP contribution in [0.2, 0.25) is 5.02 Å². The number of carbonyl (C=O) groups is 1. The van der Waals surface area contributed by atoms with Crippen LogP contribution in [-0.4, -0.2) is 21.0 Å². The van der Waals surface area contributed by atoms with Crippen LogP contribution >= 0.6 is 11.6 Å². The van der Waals surface area contributed by atoms with Crippen LogP contribution < -0.4 is 5.32 Å². The number of halogens is 1. The number of hydrogen-bond donors (Lipinski definition) is 2. The predicted molar refractivity (Wildman–Crippen MR) is 68.5 cm³/mol. The lowest BCUT2D eigenvalue weighted by molar-refractivity contribution is 0.0690. The van der Waals surface area contributed by atoms with Gasteiger partial charge in [-0.1, -0.05) is 17.7 Å². The summed E-state index contributed by atoms with van der Waals surface area (Å²) in [5.41, 5.74) is 1.60. The normalized spacial score (nSPS) is 10.1. The Kier molecular flexibility index (Phi) is 3.43. The minimum Gasteiger partial charge on any atom is -0.476 e. The summed E-state index contributed by atoms with van der Waals surface area (Å²) < 4.78 is 0. The fourth-order valence-electron chi connectivity index (χ4n) is 1.38. The van der Waals surface area contributed by atoms with E-state index in [4.69, 9.17) is 16.7 Å². The number of nitrogens with zero attached hydrogens (tertiary/aromatic N) is 2. The van der Waals surface area contributed by atoms with Gasteiger partial charge in [-0.15, -0.1) is 0 Å². The topological polar surface area (TPSA) is 75.1 Å². The number of aromatic nitrogens is 2. The van der Waals surface area contributed by atoms with Crippen molar-refractivity contribution in [1.82, 2.24) is 9.97 Å². The molecular weight excluding hydrogens is 254 g/mol. The zero-order valence-electron chi connectivity index (χ0n) is 9.51. The largest absolute Gasteiger partial charge is 0.476 e. The monoisotopic (exact) mass is 263 g/mol. The molecule has 6 heteroatoms. The second-order valence-corrected chi connectivity index (χ2v) is 4.04. The highest BCUT2D eigenvalue weighted by Gasteiger charge is 2.06. The second kappa shape index (κ2) is 5.01. The third kappa shape index (κ3) is 2.57. The second-order valence-electron chi connectivity index (χ2n) is 3.63. The molecule has 2 N–H and O–H groups in total. The Hall–Kier alpha value is -2.14. The molecule has 0 atom stereocenters. The summed E-state index contributed by atoms with van der Waals surface area (Å²) in [5, 5.41) is 12.4. The van der Waals surface area contributed by atoms with Crippen molar-refractivity contribution in [3.8, 4) is 0 Å². The van der Waals surface area contributed by atoms with Crippen LogP contribution in [0, 0.1) is 6.92 Å². The molecule has 0 radical (unpaired) electrons. The molecule has 0 aliphatic rings. The Morgan fingerprint density at radius 3 is 2.72 bits per heavy atom. The highest BCUT2D eigenvalue weighted by atomic mass is 35.5. The number of carboxylic acids is 1. The van der Waals surface area contributed by atoms with Crippen molar-refractivity contribution in [1.29, 1.82) is 0 Å². The maximum absolute atomic E-state index is 10.6. The van der Waals surface area contributed by atoms with Crippen LogP contribution in [0.4, 0.5) is 11.5 Å². The Morgan fingerprint density at radius 2 is 2.11 bits per heavy atom. The molecule has 0 aliphatic carbocycles. The molecule has 2 aromatic rings. The maximum Gasteiger partial charge on any atom is 0.356 e. The molecule has 0 saturated carbocycles. The summed E-state index contributed by atoms with van der Waals surface area (Å²) in [7, 11) is 0. The van der Waals surface area contributed by atoms with Crippen molar-refractivity contribution in [3.63, 3.8) is 0 Å². The van der Waals surface area contributed by atoms with Crippen LogP contribution in [0.15, 0.2) is 30.6 Å². The van der Waals surface area contributed by atoms with Crippen LogP contribution in [0.3, 0.4) is 0 Å². The molecular formula is C12H10ClN3O2. The number of hydrogen-bond acceptors (Lipinski definition) is 4. The Morgan fingerprint density at radius 1 is 1.33 bits per heavy atom. The van der Waals surface area contributed by atoms with Gasteiger partial charge in [0.1, 0.15) is 5.82 Å². The number of nitrogens with one attached hydrogen (secondary N) is 1. The minimum atomic E-state index is -1.10. The van der Waals surface area contributed by atoms with Crippen LogP contribution in [0.25, 0.3) is 0 Å². The quantitative estimate of drug-likeness (QED) is 0.891. The zero-order valence-corrected chi connectivity index (χ0v) is 10.3. The standard InChI is InChI=1S/C12H10ClN3O2/c1-7-8(13)3-2-4-9(7)16-11-6-14-10(5-15-11)12(17)18/h2-6H,1H3,(H,15,16)(H,17,18). The lowest BCUT2D eigenvalue weighted by atomic mass is 10.2. The first kappa shape index (κ1) is 12.3. The van der Waals surface area contributed by atoms with Gasteiger partial charge in [0.15, 0.2) is 5.69 Å². The number of anilines is 2. The smallest absolute Gasteiger partial charge is 0.356 e. The van der Waals surface area contributed by atoms with E-state index >= 15 is 0 Å². The van der Waals surface area contributed by atoms with E-state index in [9.17, 15) is 4.79 Å². The van der Waals surface area contributed by atoms with Crippen molar-refractivity contribution < 1.29 is 9.90 Å². The van der Waals surface area contributed by atoms with E-state index < -0.39 is 5.97 Å². The van der Waals surface area contributed by atoms with Crippen molar-refractivity contribution in [3.05, 3.63) is 46.9 Å². The fourth-order valence-corrected chi connectivity index (χ4v) is 1.56. The van der Waals surface area contributed by atoms with Crippen molar-refractivity contribution in [2.75, 3.05) is 5.32 Å². The van der Waals surface area contributed by atoms with Crippen LogP contribution in [-0.2, 0) is 0 Å². The molecule has 0 amide bonds. The first-order valence-electron chi connectivity index (χ1n) is 5.15. The van der Waals surface area contributed by atoms with E-state index in [1.807, 2.05) is 19.1 Å². The molecule has 0 saturated heterocycles. The van der Waals surface area contributed by atoms with Gasteiger partial charge in [-0.25, -0.2) is 14.8 Å². The highest BCUT2D eigenvalue weighted by molar-refractivity contribution is 6.31. The zero-order chi connectivity index (χ0) is 13.1. The van der Waals surface area contributed by atoms with Crippen molar-refractivity contribution in [2.45, 2.75) is 6.92 Å². The molecule has 0 unspecified atom stereocenters. The average Bonchev–Trinajstić information content (AvgIpc) is 2.36. The molecule has 5 nitrogen and oxygen atoms in total. The van der Waals surface area contributed by atoms with Gasteiger partial charge >= 0.3 is 5.97 Å². The molecule has 0 bridgehead atoms. The minimum absolute atomic E-state index is 0.0941. The van der Waals surface area contributed by atoms with Crippen molar-refractivity contribution in [2.24, 2.45) is 0 Å². The summed E-state index contributed by atoms with van der Waals surface area (Å²) in [4.78, 5) is 18.4. The molecule has 0 spiro atoms. The Bertz CT molecular complexity index is 584. The van der Waals surface area contributed by atoms with Gasteiger partial charge in [0.05, 0.1) is 12.4 Å². The Balaban J connectivity index is 2.24. The summed E-state index contributed by atoms with van der Waals surface area (Å²) >= 11 is 5.99.